The SMILES string of the molecule is O=S(=O)(NCc1ccc2cc[nH]c2c1)c1cccs1. The van der Waals surface area contributed by atoms with Gasteiger partial charge in [0.25, 0.3) is 0 Å². The van der Waals surface area contributed by atoms with Crippen molar-refractivity contribution in [2.75, 3.05) is 0 Å². The van der Waals surface area contributed by atoms with E-state index in [-0.39, 0.29) is 6.54 Å². The maximum absolute atomic E-state index is 12.0. The zero-order valence-corrected chi connectivity index (χ0v) is 11.6. The predicted molar refractivity (Wildman–Crippen MR) is 76.6 cm³/mol. The van der Waals surface area contributed by atoms with Crippen LogP contribution in [0, 0.1) is 0 Å². The molecule has 4 nitrogen and oxygen atoms in total. The quantitative estimate of drug-likeness (QED) is 0.776. The van der Waals surface area contributed by atoms with Crippen LogP contribution in [0.3, 0.4) is 0 Å². The van der Waals surface area contributed by atoms with E-state index in [2.05, 4.69) is 9.71 Å². The predicted octanol–water partition coefficient (Wildman–Crippen LogP) is 2.71. The number of sulfonamides is 1. The molecule has 0 saturated heterocycles. The van der Waals surface area contributed by atoms with E-state index in [1.54, 1.807) is 17.5 Å². The molecular formula is C13H12N2O2S2. The van der Waals surface area contributed by atoms with E-state index in [1.165, 1.54) is 11.3 Å². The summed E-state index contributed by atoms with van der Waals surface area (Å²) < 4.78 is 26.9. The number of H-pyrrole nitrogens is 1. The lowest BCUT2D eigenvalue weighted by atomic mass is 10.2. The van der Waals surface area contributed by atoms with Crippen molar-refractivity contribution < 1.29 is 8.42 Å². The standard InChI is InChI=1S/C13H12N2O2S2/c16-19(17,13-2-1-7-18-13)15-9-10-3-4-11-5-6-14-12(11)8-10/h1-8,14-15H,9H2. The van der Waals surface area contributed by atoms with Gasteiger partial charge in [0, 0.05) is 18.3 Å². The summed E-state index contributed by atoms with van der Waals surface area (Å²) in [4.78, 5) is 3.11. The minimum absolute atomic E-state index is 0.287. The molecule has 2 N–H and O–H groups in total. The molecule has 0 fully saturated rings. The highest BCUT2D eigenvalue weighted by Crippen LogP contribution is 2.17. The number of hydrogen-bond acceptors (Lipinski definition) is 3. The molecule has 2 heterocycles. The number of aromatic nitrogens is 1. The van der Waals surface area contributed by atoms with Crippen LogP contribution >= 0.6 is 11.3 Å². The maximum atomic E-state index is 12.0. The summed E-state index contributed by atoms with van der Waals surface area (Å²) >= 11 is 1.21. The molecule has 0 aliphatic carbocycles. The third kappa shape index (κ3) is 2.56. The molecule has 0 aliphatic heterocycles. The normalized spacial score (nSPS) is 12.0. The molecule has 0 aliphatic rings. The molecule has 6 heteroatoms. The Balaban J connectivity index is 1.79. The summed E-state index contributed by atoms with van der Waals surface area (Å²) in [5, 5.41) is 2.87. The average Bonchev–Trinajstić information content (AvgIpc) is 3.07. The molecular weight excluding hydrogens is 280 g/mol. The minimum Gasteiger partial charge on any atom is -0.361 e. The fourth-order valence-electron chi connectivity index (χ4n) is 1.87. The van der Waals surface area contributed by atoms with Crippen molar-refractivity contribution in [3.05, 3.63) is 53.5 Å². The highest BCUT2D eigenvalue weighted by Gasteiger charge is 2.14. The van der Waals surface area contributed by atoms with Gasteiger partial charge in [-0.1, -0.05) is 18.2 Å². The van der Waals surface area contributed by atoms with Gasteiger partial charge in [0.2, 0.25) is 10.0 Å². The largest absolute Gasteiger partial charge is 0.361 e. The first-order chi connectivity index (χ1) is 9.15. The second kappa shape index (κ2) is 4.80. The third-order valence-corrected chi connectivity index (χ3v) is 5.64. The van der Waals surface area contributed by atoms with Gasteiger partial charge >= 0.3 is 0 Å². The monoisotopic (exact) mass is 292 g/mol. The van der Waals surface area contributed by atoms with Crippen LogP contribution in [0.1, 0.15) is 5.56 Å². The maximum Gasteiger partial charge on any atom is 0.250 e. The molecule has 0 amide bonds. The van der Waals surface area contributed by atoms with Gasteiger partial charge in [-0.15, -0.1) is 11.3 Å². The van der Waals surface area contributed by atoms with E-state index in [1.807, 2.05) is 30.5 Å². The van der Waals surface area contributed by atoms with Gasteiger partial charge in [0.05, 0.1) is 0 Å². The van der Waals surface area contributed by atoms with E-state index in [0.29, 0.717) is 4.21 Å². The van der Waals surface area contributed by atoms with E-state index in [9.17, 15) is 8.42 Å². The Hall–Kier alpha value is -1.63. The molecule has 98 valence electrons. The topological polar surface area (TPSA) is 62.0 Å². The molecule has 0 saturated carbocycles. The molecule has 19 heavy (non-hydrogen) atoms. The Bertz CT molecular complexity index is 789. The average molecular weight is 292 g/mol. The van der Waals surface area contributed by atoms with Crippen LogP contribution in [0.15, 0.2) is 52.2 Å². The van der Waals surface area contributed by atoms with Crippen molar-refractivity contribution >= 4 is 32.3 Å². The van der Waals surface area contributed by atoms with Crippen LogP contribution < -0.4 is 4.72 Å². The molecule has 0 atom stereocenters. The summed E-state index contributed by atoms with van der Waals surface area (Å²) in [6, 6.07) is 11.2. The molecule has 3 rings (SSSR count). The molecule has 2 aromatic heterocycles. The smallest absolute Gasteiger partial charge is 0.250 e. The van der Waals surface area contributed by atoms with Gasteiger partial charge in [0.1, 0.15) is 4.21 Å². The van der Waals surface area contributed by atoms with E-state index < -0.39 is 10.0 Å². The van der Waals surface area contributed by atoms with Gasteiger partial charge in [-0.05, 0) is 34.5 Å². The number of nitrogens with one attached hydrogen (secondary N) is 2. The lowest BCUT2D eigenvalue weighted by Gasteiger charge is -2.05. The van der Waals surface area contributed by atoms with Gasteiger partial charge < -0.3 is 4.98 Å². The van der Waals surface area contributed by atoms with Crippen molar-refractivity contribution in [1.82, 2.24) is 9.71 Å². The van der Waals surface area contributed by atoms with Crippen LogP contribution in [-0.4, -0.2) is 13.4 Å². The summed E-state index contributed by atoms with van der Waals surface area (Å²) in [7, 11) is -3.40. The van der Waals surface area contributed by atoms with Gasteiger partial charge in [-0.2, -0.15) is 0 Å². The Morgan fingerprint density at radius 3 is 2.89 bits per heavy atom. The first kappa shape index (κ1) is 12.4. The summed E-state index contributed by atoms with van der Waals surface area (Å²) in [5.41, 5.74) is 1.93. The van der Waals surface area contributed by atoms with E-state index >= 15 is 0 Å². The van der Waals surface area contributed by atoms with Crippen LogP contribution in [0.4, 0.5) is 0 Å². The lowest BCUT2D eigenvalue weighted by molar-refractivity contribution is 0.583. The van der Waals surface area contributed by atoms with Gasteiger partial charge in [0.15, 0.2) is 0 Å². The van der Waals surface area contributed by atoms with Crippen LogP contribution in [-0.2, 0) is 16.6 Å². The molecule has 0 unspecified atom stereocenters. The third-order valence-electron chi connectivity index (χ3n) is 2.85. The molecule has 0 bridgehead atoms. The number of thiophene rings is 1. The summed E-state index contributed by atoms with van der Waals surface area (Å²) in [5.74, 6) is 0. The summed E-state index contributed by atoms with van der Waals surface area (Å²) in [6.45, 7) is 0.287. The molecule has 0 radical (unpaired) electrons. The van der Waals surface area contributed by atoms with Crippen molar-refractivity contribution in [2.24, 2.45) is 0 Å². The Morgan fingerprint density at radius 2 is 2.11 bits per heavy atom. The first-order valence-corrected chi connectivity index (χ1v) is 8.11. The van der Waals surface area contributed by atoms with Crippen molar-refractivity contribution in [1.29, 1.82) is 0 Å². The second-order valence-corrected chi connectivity index (χ2v) is 7.10. The fraction of sp³-hybridized carbons (Fsp3) is 0.0769. The number of hydrogen-bond donors (Lipinski definition) is 2. The Labute approximate surface area is 115 Å². The highest BCUT2D eigenvalue weighted by atomic mass is 32.2. The van der Waals surface area contributed by atoms with Crippen LogP contribution in [0.5, 0.6) is 0 Å². The Morgan fingerprint density at radius 1 is 1.21 bits per heavy atom. The fourth-order valence-corrected chi connectivity index (χ4v) is 3.93. The van der Waals surface area contributed by atoms with Gasteiger partial charge in [-0.3, -0.25) is 0 Å². The number of rotatable bonds is 4. The zero-order chi connectivity index (χ0) is 13.3. The second-order valence-electron chi connectivity index (χ2n) is 4.16. The highest BCUT2D eigenvalue weighted by molar-refractivity contribution is 7.91. The van der Waals surface area contributed by atoms with Crippen molar-refractivity contribution in [2.45, 2.75) is 10.8 Å². The number of aromatic amines is 1. The minimum atomic E-state index is -3.40. The lowest BCUT2D eigenvalue weighted by Crippen LogP contribution is -2.22. The molecule has 0 spiro atoms. The van der Waals surface area contributed by atoms with Crippen LogP contribution in [0.2, 0.25) is 0 Å². The molecule has 3 aromatic rings. The van der Waals surface area contributed by atoms with Gasteiger partial charge in [-0.25, -0.2) is 13.1 Å². The van der Waals surface area contributed by atoms with E-state index in [0.717, 1.165) is 16.5 Å². The van der Waals surface area contributed by atoms with E-state index in [4.69, 9.17) is 0 Å². The Kier molecular flexibility index (Phi) is 3.14. The van der Waals surface area contributed by atoms with Crippen molar-refractivity contribution in [3.8, 4) is 0 Å². The number of benzene rings is 1. The van der Waals surface area contributed by atoms with Crippen LogP contribution in [0.25, 0.3) is 10.9 Å². The van der Waals surface area contributed by atoms with Crippen molar-refractivity contribution in [3.63, 3.8) is 0 Å². The first-order valence-electron chi connectivity index (χ1n) is 5.74. The summed E-state index contributed by atoms with van der Waals surface area (Å²) in [6.07, 6.45) is 1.87. The number of fused-ring (bicyclic) bond motifs is 1. The molecule has 1 aromatic carbocycles. The zero-order valence-electron chi connectivity index (χ0n) is 9.96.